The number of likely N-dealkylation sites (tertiary alicyclic amines) is 1. The molecule has 1 aliphatic rings. The lowest BCUT2D eigenvalue weighted by Crippen LogP contribution is -2.44. The molecule has 0 aliphatic carbocycles. The number of rotatable bonds is 6. The highest BCUT2D eigenvalue weighted by Gasteiger charge is 2.51. The van der Waals surface area contributed by atoms with Gasteiger partial charge >= 0.3 is 12.1 Å². The Balaban J connectivity index is 2.84. The molecule has 7 heteroatoms. The van der Waals surface area contributed by atoms with Gasteiger partial charge in [-0.05, 0) is 27.2 Å². The number of ether oxygens (including phenoxy) is 3. The first kappa shape index (κ1) is 19.7. The van der Waals surface area contributed by atoms with Gasteiger partial charge in [-0.15, -0.1) is 0 Å². The van der Waals surface area contributed by atoms with Crippen molar-refractivity contribution in [2.45, 2.75) is 64.3 Å². The normalized spacial score (nSPS) is 24.6. The van der Waals surface area contributed by atoms with Crippen molar-refractivity contribution in [1.82, 2.24) is 4.90 Å². The maximum absolute atomic E-state index is 14.8. The van der Waals surface area contributed by atoms with Crippen LogP contribution in [-0.2, 0) is 19.0 Å². The molecule has 1 saturated heterocycles. The molecule has 134 valence electrons. The number of carbonyl (C=O) groups excluding carboxylic acids is 2. The van der Waals surface area contributed by atoms with Crippen LogP contribution in [0.4, 0.5) is 9.18 Å². The molecule has 23 heavy (non-hydrogen) atoms. The molecular weight excluding hydrogens is 305 g/mol. The maximum atomic E-state index is 14.8. The maximum Gasteiger partial charge on any atom is 0.411 e. The van der Waals surface area contributed by atoms with Crippen molar-refractivity contribution in [3.8, 4) is 0 Å². The van der Waals surface area contributed by atoms with Gasteiger partial charge in [-0.1, -0.05) is 13.3 Å². The van der Waals surface area contributed by atoms with E-state index in [1.807, 2.05) is 6.92 Å². The van der Waals surface area contributed by atoms with Crippen LogP contribution in [0.3, 0.4) is 0 Å². The number of methoxy groups -OCH3 is 1. The lowest BCUT2D eigenvalue weighted by molar-refractivity contribution is -0.149. The van der Waals surface area contributed by atoms with Crippen LogP contribution in [0.15, 0.2) is 0 Å². The molecule has 0 aromatic heterocycles. The van der Waals surface area contributed by atoms with Crippen molar-refractivity contribution in [3.63, 3.8) is 0 Å². The van der Waals surface area contributed by atoms with Crippen molar-refractivity contribution in [3.05, 3.63) is 0 Å². The lowest BCUT2D eigenvalue weighted by atomic mass is 10.0. The monoisotopic (exact) mass is 333 g/mol. The third-order valence-electron chi connectivity index (χ3n) is 3.43. The van der Waals surface area contributed by atoms with Crippen LogP contribution < -0.4 is 0 Å². The van der Waals surface area contributed by atoms with Crippen LogP contribution in [0.1, 0.15) is 47.0 Å². The number of halogens is 1. The van der Waals surface area contributed by atoms with Crippen LogP contribution in [-0.4, -0.2) is 61.1 Å². The molecular formula is C16H28FNO5. The predicted octanol–water partition coefficient (Wildman–Crippen LogP) is 2.69. The summed E-state index contributed by atoms with van der Waals surface area (Å²) in [5.74, 6) is -0.597. The number of hydrogen-bond acceptors (Lipinski definition) is 5. The van der Waals surface area contributed by atoms with Gasteiger partial charge < -0.3 is 14.2 Å². The first-order valence-corrected chi connectivity index (χ1v) is 7.96. The van der Waals surface area contributed by atoms with E-state index in [4.69, 9.17) is 14.2 Å². The molecule has 2 atom stereocenters. The minimum atomic E-state index is -1.78. The second-order valence-electron chi connectivity index (χ2n) is 6.93. The van der Waals surface area contributed by atoms with Gasteiger partial charge in [0.15, 0.2) is 5.67 Å². The summed E-state index contributed by atoms with van der Waals surface area (Å²) in [6.45, 7) is 6.95. The molecule has 1 aliphatic heterocycles. The largest absolute Gasteiger partial charge is 0.464 e. The summed E-state index contributed by atoms with van der Waals surface area (Å²) in [5, 5.41) is 0. The van der Waals surface area contributed by atoms with Gasteiger partial charge in [-0.3, -0.25) is 4.90 Å². The molecule has 0 aromatic rings. The van der Waals surface area contributed by atoms with Crippen LogP contribution >= 0.6 is 0 Å². The van der Waals surface area contributed by atoms with Crippen molar-refractivity contribution in [1.29, 1.82) is 0 Å². The summed E-state index contributed by atoms with van der Waals surface area (Å²) in [6.07, 6.45) is 0.741. The van der Waals surface area contributed by atoms with Crippen molar-refractivity contribution in [2.75, 3.05) is 26.9 Å². The van der Waals surface area contributed by atoms with E-state index in [2.05, 4.69) is 0 Å². The van der Waals surface area contributed by atoms with Gasteiger partial charge in [0.1, 0.15) is 11.6 Å². The summed E-state index contributed by atoms with van der Waals surface area (Å²) in [4.78, 5) is 25.6. The summed E-state index contributed by atoms with van der Waals surface area (Å²) >= 11 is 0. The smallest absolute Gasteiger partial charge is 0.411 e. The average Bonchev–Trinajstić information content (AvgIpc) is 2.76. The molecule has 1 amide bonds. The van der Waals surface area contributed by atoms with E-state index in [0.29, 0.717) is 0 Å². The Morgan fingerprint density at radius 1 is 1.35 bits per heavy atom. The first-order valence-electron chi connectivity index (χ1n) is 7.96. The minimum Gasteiger partial charge on any atom is -0.464 e. The Labute approximate surface area is 137 Å². The zero-order valence-corrected chi connectivity index (χ0v) is 14.7. The summed E-state index contributed by atoms with van der Waals surface area (Å²) < 4.78 is 30.1. The van der Waals surface area contributed by atoms with Crippen molar-refractivity contribution < 1.29 is 28.2 Å². The summed E-state index contributed by atoms with van der Waals surface area (Å²) in [6, 6.07) is -0.984. The molecule has 0 saturated carbocycles. The zero-order valence-electron chi connectivity index (χ0n) is 14.7. The number of hydrogen-bond donors (Lipinski definition) is 0. The number of unbranched alkanes of at least 4 members (excludes halogenated alkanes) is 1. The second kappa shape index (κ2) is 7.95. The first-order chi connectivity index (χ1) is 10.6. The van der Waals surface area contributed by atoms with Crippen LogP contribution in [0.2, 0.25) is 0 Å². The molecule has 6 nitrogen and oxygen atoms in total. The van der Waals surface area contributed by atoms with Crippen LogP contribution in [0, 0.1) is 0 Å². The lowest BCUT2D eigenvalue weighted by Gasteiger charge is -2.27. The Kier molecular flexibility index (Phi) is 6.80. The third kappa shape index (κ3) is 5.97. The van der Waals surface area contributed by atoms with E-state index < -0.39 is 29.4 Å². The van der Waals surface area contributed by atoms with E-state index >= 15 is 0 Å². The van der Waals surface area contributed by atoms with E-state index in [1.54, 1.807) is 20.8 Å². The van der Waals surface area contributed by atoms with Crippen molar-refractivity contribution in [2.24, 2.45) is 0 Å². The van der Waals surface area contributed by atoms with Gasteiger partial charge in [0.2, 0.25) is 0 Å². The Hall–Kier alpha value is -1.37. The highest BCUT2D eigenvalue weighted by molar-refractivity contribution is 5.82. The SMILES string of the molecule is CCCCOC(=O)[C@@H]1C[C@](F)(COC)CN1C(=O)OC(C)(C)C. The van der Waals surface area contributed by atoms with E-state index in [1.165, 1.54) is 7.11 Å². The number of alkyl halides is 1. The Bertz CT molecular complexity index is 423. The molecule has 0 unspecified atom stereocenters. The highest BCUT2D eigenvalue weighted by atomic mass is 19.1. The molecule has 0 N–H and O–H groups in total. The Morgan fingerprint density at radius 2 is 2.00 bits per heavy atom. The third-order valence-corrected chi connectivity index (χ3v) is 3.43. The van der Waals surface area contributed by atoms with E-state index in [-0.39, 0.29) is 26.2 Å². The van der Waals surface area contributed by atoms with Gasteiger partial charge in [-0.2, -0.15) is 0 Å². The zero-order chi connectivity index (χ0) is 17.7. The quantitative estimate of drug-likeness (QED) is 0.552. The number of esters is 1. The fraction of sp³-hybridized carbons (Fsp3) is 0.875. The van der Waals surface area contributed by atoms with Crippen LogP contribution in [0.5, 0.6) is 0 Å². The molecule has 0 radical (unpaired) electrons. The molecule has 1 fully saturated rings. The van der Waals surface area contributed by atoms with Gasteiger partial charge in [0.05, 0.1) is 19.8 Å². The highest BCUT2D eigenvalue weighted by Crippen LogP contribution is 2.33. The summed E-state index contributed by atoms with van der Waals surface area (Å²) in [7, 11) is 1.38. The number of carbonyl (C=O) groups is 2. The Morgan fingerprint density at radius 3 is 2.52 bits per heavy atom. The topological polar surface area (TPSA) is 65.1 Å². The van der Waals surface area contributed by atoms with Gasteiger partial charge in [-0.25, -0.2) is 14.0 Å². The molecule has 0 bridgehead atoms. The minimum absolute atomic E-state index is 0.148. The van der Waals surface area contributed by atoms with Gasteiger partial charge in [0, 0.05) is 13.5 Å². The molecule has 0 spiro atoms. The predicted molar refractivity (Wildman–Crippen MR) is 82.9 cm³/mol. The molecule has 0 aromatic carbocycles. The number of amides is 1. The molecule has 1 heterocycles. The standard InChI is InChI=1S/C16H28FNO5/c1-6-7-8-22-13(19)12-9-16(17,11-21-5)10-18(12)14(20)23-15(2,3)4/h12H,6-11H2,1-5H3/t12-,16+/m0/s1. The average molecular weight is 333 g/mol. The van der Waals surface area contributed by atoms with Crippen molar-refractivity contribution >= 4 is 12.1 Å². The van der Waals surface area contributed by atoms with E-state index in [0.717, 1.165) is 17.7 Å². The fourth-order valence-electron chi connectivity index (χ4n) is 2.44. The number of nitrogens with zero attached hydrogens (tertiary/aromatic N) is 1. The second-order valence-corrected chi connectivity index (χ2v) is 6.93. The van der Waals surface area contributed by atoms with Gasteiger partial charge in [0.25, 0.3) is 0 Å². The summed E-state index contributed by atoms with van der Waals surface area (Å²) in [5.41, 5.74) is -2.50. The fourth-order valence-corrected chi connectivity index (χ4v) is 2.44. The van der Waals surface area contributed by atoms with E-state index in [9.17, 15) is 14.0 Å². The molecule has 1 rings (SSSR count). The van der Waals surface area contributed by atoms with Crippen LogP contribution in [0.25, 0.3) is 0 Å².